The van der Waals surface area contributed by atoms with Crippen molar-refractivity contribution in [3.8, 4) is 0 Å². The normalized spacial score (nSPS) is 19.0. The smallest absolute Gasteiger partial charge is 0.0790 e. The average molecular weight is 288 g/mol. The molecular formula is C20H32O. The molecule has 1 N–H and O–H groups in total. The van der Waals surface area contributed by atoms with Crippen molar-refractivity contribution in [1.29, 1.82) is 0 Å². The van der Waals surface area contributed by atoms with Crippen LogP contribution >= 0.6 is 0 Å². The summed E-state index contributed by atoms with van der Waals surface area (Å²) in [5.74, 6) is 0.925. The van der Waals surface area contributed by atoms with Crippen molar-refractivity contribution >= 4 is 0 Å². The van der Waals surface area contributed by atoms with Gasteiger partial charge in [-0.1, -0.05) is 82.6 Å². The summed E-state index contributed by atoms with van der Waals surface area (Å²) in [7, 11) is 0. The van der Waals surface area contributed by atoms with Crippen LogP contribution in [0, 0.1) is 5.92 Å². The number of hydrogen-bond donors (Lipinski definition) is 1. The molecule has 0 bridgehead atoms. The third kappa shape index (κ3) is 5.82. The van der Waals surface area contributed by atoms with E-state index in [9.17, 15) is 5.11 Å². The van der Waals surface area contributed by atoms with Crippen LogP contribution in [0.25, 0.3) is 0 Å². The van der Waals surface area contributed by atoms with Crippen LogP contribution in [-0.4, -0.2) is 5.11 Å². The number of rotatable bonds is 6. The maximum atomic E-state index is 10.1. The van der Waals surface area contributed by atoms with Crippen LogP contribution in [-0.2, 0) is 6.42 Å². The van der Waals surface area contributed by atoms with Gasteiger partial charge in [-0.05, 0) is 36.3 Å². The van der Waals surface area contributed by atoms with E-state index in [4.69, 9.17) is 0 Å². The zero-order valence-corrected chi connectivity index (χ0v) is 13.7. The Kier molecular flexibility index (Phi) is 7.29. The Morgan fingerprint density at radius 1 is 1.10 bits per heavy atom. The minimum absolute atomic E-state index is 0.281. The van der Waals surface area contributed by atoms with Crippen molar-refractivity contribution in [2.45, 2.75) is 83.7 Å². The molecule has 1 aliphatic rings. The van der Waals surface area contributed by atoms with E-state index in [1.54, 1.807) is 0 Å². The molecule has 1 saturated carbocycles. The van der Waals surface area contributed by atoms with E-state index >= 15 is 0 Å². The Bertz CT molecular complexity index is 391. The molecule has 1 fully saturated rings. The van der Waals surface area contributed by atoms with E-state index in [0.29, 0.717) is 0 Å². The van der Waals surface area contributed by atoms with E-state index in [0.717, 1.165) is 24.3 Å². The van der Waals surface area contributed by atoms with Gasteiger partial charge < -0.3 is 5.11 Å². The molecule has 0 aliphatic heterocycles. The maximum Gasteiger partial charge on any atom is 0.0790 e. The fourth-order valence-corrected chi connectivity index (χ4v) is 3.60. The topological polar surface area (TPSA) is 20.2 Å². The minimum atomic E-state index is -0.281. The van der Waals surface area contributed by atoms with Gasteiger partial charge >= 0.3 is 0 Å². The Hall–Kier alpha value is -0.820. The summed E-state index contributed by atoms with van der Waals surface area (Å²) in [6.07, 6.45) is 14.2. The number of aliphatic hydroxyl groups excluding tert-OH is 1. The molecule has 0 heterocycles. The molecule has 0 radical (unpaired) electrons. The first-order valence-electron chi connectivity index (χ1n) is 9.06. The zero-order valence-electron chi connectivity index (χ0n) is 13.7. The summed E-state index contributed by atoms with van der Waals surface area (Å²) in [5, 5.41) is 10.1. The van der Waals surface area contributed by atoms with Crippen LogP contribution in [0.2, 0.25) is 0 Å². The van der Waals surface area contributed by atoms with Crippen molar-refractivity contribution in [3.05, 3.63) is 35.4 Å². The summed E-state index contributed by atoms with van der Waals surface area (Å²) in [5.41, 5.74) is 2.51. The predicted molar refractivity (Wildman–Crippen MR) is 90.4 cm³/mol. The molecule has 1 heteroatoms. The second-order valence-corrected chi connectivity index (χ2v) is 6.80. The Balaban J connectivity index is 1.85. The number of aryl methyl sites for hydroxylation is 1. The third-order valence-electron chi connectivity index (χ3n) is 4.96. The van der Waals surface area contributed by atoms with Gasteiger partial charge in [-0.15, -0.1) is 0 Å². The van der Waals surface area contributed by atoms with E-state index in [1.165, 1.54) is 63.4 Å². The van der Waals surface area contributed by atoms with Crippen LogP contribution in [0.1, 0.15) is 88.4 Å². The summed E-state index contributed by atoms with van der Waals surface area (Å²) >= 11 is 0. The monoisotopic (exact) mass is 288 g/mol. The average Bonchev–Trinajstić information content (AvgIpc) is 2.47. The van der Waals surface area contributed by atoms with Gasteiger partial charge in [0, 0.05) is 0 Å². The molecular weight excluding hydrogens is 256 g/mol. The lowest BCUT2D eigenvalue weighted by Crippen LogP contribution is -2.05. The fraction of sp³-hybridized carbons (Fsp3) is 0.700. The first-order chi connectivity index (χ1) is 10.3. The maximum absolute atomic E-state index is 10.1. The number of benzene rings is 1. The third-order valence-corrected chi connectivity index (χ3v) is 4.96. The summed E-state index contributed by atoms with van der Waals surface area (Å²) in [6, 6.07) is 8.63. The van der Waals surface area contributed by atoms with Gasteiger partial charge in [0.05, 0.1) is 6.10 Å². The standard InChI is InChI=1S/C20H32O/c1-2-9-20(21)19-13-8-12-18(16-19)15-14-17-10-6-4-3-5-7-11-17/h8,12-13,16-17,20-21H,2-7,9-11,14-15H2,1H3. The largest absolute Gasteiger partial charge is 0.388 e. The van der Waals surface area contributed by atoms with Crippen LogP contribution < -0.4 is 0 Å². The number of hydrogen-bond acceptors (Lipinski definition) is 1. The van der Waals surface area contributed by atoms with Crippen LogP contribution in [0.4, 0.5) is 0 Å². The lowest BCUT2D eigenvalue weighted by molar-refractivity contribution is 0.166. The van der Waals surface area contributed by atoms with Gasteiger partial charge in [0.25, 0.3) is 0 Å². The van der Waals surface area contributed by atoms with Crippen molar-refractivity contribution in [2.24, 2.45) is 5.92 Å². The highest BCUT2D eigenvalue weighted by Gasteiger charge is 2.12. The molecule has 1 aromatic carbocycles. The second-order valence-electron chi connectivity index (χ2n) is 6.80. The minimum Gasteiger partial charge on any atom is -0.388 e. The fourth-order valence-electron chi connectivity index (χ4n) is 3.60. The van der Waals surface area contributed by atoms with Gasteiger partial charge in [-0.3, -0.25) is 0 Å². The predicted octanol–water partition coefficient (Wildman–Crippen LogP) is 5.81. The SMILES string of the molecule is CCCC(O)c1cccc(CCC2CCCCCCC2)c1. The van der Waals surface area contributed by atoms with E-state index in [2.05, 4.69) is 31.2 Å². The summed E-state index contributed by atoms with van der Waals surface area (Å²) in [4.78, 5) is 0. The van der Waals surface area contributed by atoms with Crippen LogP contribution in [0.3, 0.4) is 0 Å². The molecule has 0 amide bonds. The molecule has 0 saturated heterocycles. The molecule has 1 nitrogen and oxygen atoms in total. The van der Waals surface area contributed by atoms with E-state index in [-0.39, 0.29) is 6.10 Å². The van der Waals surface area contributed by atoms with Crippen LogP contribution in [0.5, 0.6) is 0 Å². The van der Waals surface area contributed by atoms with Gasteiger partial charge in [0.15, 0.2) is 0 Å². The van der Waals surface area contributed by atoms with Crippen molar-refractivity contribution in [1.82, 2.24) is 0 Å². The lowest BCUT2D eigenvalue weighted by atomic mass is 9.87. The molecule has 1 atom stereocenters. The van der Waals surface area contributed by atoms with E-state index < -0.39 is 0 Å². The quantitative estimate of drug-likeness (QED) is 0.700. The van der Waals surface area contributed by atoms with Gasteiger partial charge in [0.2, 0.25) is 0 Å². The van der Waals surface area contributed by atoms with Gasteiger partial charge in [-0.2, -0.15) is 0 Å². The Morgan fingerprint density at radius 2 is 1.81 bits per heavy atom. The highest BCUT2D eigenvalue weighted by atomic mass is 16.3. The molecule has 1 aromatic rings. The number of aliphatic hydroxyl groups is 1. The molecule has 21 heavy (non-hydrogen) atoms. The van der Waals surface area contributed by atoms with Gasteiger partial charge in [-0.25, -0.2) is 0 Å². The van der Waals surface area contributed by atoms with Crippen molar-refractivity contribution in [2.75, 3.05) is 0 Å². The highest BCUT2D eigenvalue weighted by molar-refractivity contribution is 5.25. The van der Waals surface area contributed by atoms with Gasteiger partial charge in [0.1, 0.15) is 0 Å². The Morgan fingerprint density at radius 3 is 2.52 bits per heavy atom. The van der Waals surface area contributed by atoms with Crippen molar-refractivity contribution < 1.29 is 5.11 Å². The second kappa shape index (κ2) is 9.25. The first kappa shape index (κ1) is 16.5. The Labute approximate surface area is 130 Å². The lowest BCUT2D eigenvalue weighted by Gasteiger charge is -2.19. The molecule has 118 valence electrons. The van der Waals surface area contributed by atoms with E-state index in [1.807, 2.05) is 0 Å². The summed E-state index contributed by atoms with van der Waals surface area (Å²) in [6.45, 7) is 2.13. The first-order valence-corrected chi connectivity index (χ1v) is 9.06. The molecule has 1 unspecified atom stereocenters. The highest BCUT2D eigenvalue weighted by Crippen LogP contribution is 2.27. The molecule has 0 spiro atoms. The van der Waals surface area contributed by atoms with Crippen LogP contribution in [0.15, 0.2) is 24.3 Å². The molecule has 2 rings (SSSR count). The molecule has 1 aliphatic carbocycles. The zero-order chi connectivity index (χ0) is 14.9. The molecule has 0 aromatic heterocycles. The van der Waals surface area contributed by atoms with Crippen molar-refractivity contribution in [3.63, 3.8) is 0 Å². The summed E-state index contributed by atoms with van der Waals surface area (Å²) < 4.78 is 0.